The number of aromatic nitrogens is 1. The normalized spacial score (nSPS) is 10.6. The largest absolute Gasteiger partial charge is 0.464 e. The Morgan fingerprint density at radius 1 is 0.952 bits per heavy atom. The van der Waals surface area contributed by atoms with Crippen molar-refractivity contribution in [2.45, 2.75) is 0 Å². The quantitative estimate of drug-likeness (QED) is 0.372. The molecule has 2 aromatic rings. The zero-order valence-corrected chi connectivity index (χ0v) is 14.2. The van der Waals surface area contributed by atoms with Crippen molar-refractivity contribution in [1.29, 1.82) is 0 Å². The van der Waals surface area contributed by atoms with Gasteiger partial charge in [0.2, 0.25) is 0 Å². The number of esters is 1. The van der Waals surface area contributed by atoms with Crippen LogP contribution in [0.4, 0.5) is 0 Å². The van der Waals surface area contributed by atoms with E-state index in [4.69, 9.17) is 58.0 Å². The van der Waals surface area contributed by atoms with Gasteiger partial charge in [-0.1, -0.05) is 64.1 Å². The summed E-state index contributed by atoms with van der Waals surface area (Å²) in [7, 11) is 1.26. The topological polar surface area (TPSA) is 39.2 Å². The van der Waals surface area contributed by atoms with Crippen LogP contribution in [0.25, 0.3) is 11.3 Å². The molecule has 0 saturated carbocycles. The van der Waals surface area contributed by atoms with Crippen LogP contribution in [0.1, 0.15) is 10.5 Å². The van der Waals surface area contributed by atoms with Gasteiger partial charge in [0.25, 0.3) is 0 Å². The molecule has 1 aromatic carbocycles. The van der Waals surface area contributed by atoms with Crippen LogP contribution in [0.15, 0.2) is 18.2 Å². The second kappa shape index (κ2) is 6.59. The van der Waals surface area contributed by atoms with Crippen LogP contribution in [0.3, 0.4) is 0 Å². The van der Waals surface area contributed by atoms with E-state index in [9.17, 15) is 4.79 Å². The standard InChI is InChI=1S/C13H6Cl5NO2/c1-21-13(20)6-4-2-3-5(19-6)7-8(14)10(16)12(18)11(17)9(7)15/h2-4H,1H3. The lowest BCUT2D eigenvalue weighted by atomic mass is 10.1. The van der Waals surface area contributed by atoms with Gasteiger partial charge in [0.1, 0.15) is 5.69 Å². The number of ether oxygens (including phenoxy) is 1. The van der Waals surface area contributed by atoms with Gasteiger partial charge >= 0.3 is 5.97 Å². The lowest BCUT2D eigenvalue weighted by Crippen LogP contribution is -2.04. The number of halogens is 5. The van der Waals surface area contributed by atoms with Gasteiger partial charge in [0.05, 0.1) is 37.9 Å². The molecule has 1 heterocycles. The fraction of sp³-hybridized carbons (Fsp3) is 0.0769. The van der Waals surface area contributed by atoms with Crippen LogP contribution in [-0.4, -0.2) is 18.1 Å². The van der Waals surface area contributed by atoms with Crippen molar-refractivity contribution in [1.82, 2.24) is 4.98 Å². The molecule has 0 aliphatic rings. The average molecular weight is 385 g/mol. The first-order valence-electron chi connectivity index (χ1n) is 5.45. The van der Waals surface area contributed by atoms with E-state index in [1.165, 1.54) is 13.2 Å². The summed E-state index contributed by atoms with van der Waals surface area (Å²) in [5.41, 5.74) is 0.723. The first-order chi connectivity index (χ1) is 9.88. The van der Waals surface area contributed by atoms with E-state index >= 15 is 0 Å². The molecular weight excluding hydrogens is 379 g/mol. The van der Waals surface area contributed by atoms with E-state index in [0.29, 0.717) is 11.3 Å². The Kier molecular flexibility index (Phi) is 5.23. The van der Waals surface area contributed by atoms with Gasteiger partial charge in [-0.25, -0.2) is 9.78 Å². The van der Waals surface area contributed by atoms with Gasteiger partial charge in [-0.2, -0.15) is 0 Å². The SMILES string of the molecule is COC(=O)c1cccc(-c2c(Cl)c(Cl)c(Cl)c(Cl)c2Cl)n1. The Morgan fingerprint density at radius 3 is 2.00 bits per heavy atom. The fourth-order valence-corrected chi connectivity index (χ4v) is 2.95. The lowest BCUT2D eigenvalue weighted by molar-refractivity contribution is 0.0594. The summed E-state index contributed by atoms with van der Waals surface area (Å²) in [6.07, 6.45) is 0. The molecule has 0 radical (unpaired) electrons. The van der Waals surface area contributed by atoms with Crippen molar-refractivity contribution >= 4 is 64.0 Å². The molecule has 0 amide bonds. The molecule has 0 N–H and O–H groups in total. The smallest absolute Gasteiger partial charge is 0.356 e. The highest BCUT2D eigenvalue weighted by Crippen LogP contribution is 2.47. The molecule has 1 aromatic heterocycles. The number of nitrogens with zero attached hydrogens (tertiary/aromatic N) is 1. The Balaban J connectivity index is 2.71. The van der Waals surface area contributed by atoms with Crippen LogP contribution in [0.5, 0.6) is 0 Å². The Bertz CT molecular complexity index is 704. The van der Waals surface area contributed by atoms with Crippen molar-refractivity contribution in [3.63, 3.8) is 0 Å². The summed E-state index contributed by atoms with van der Waals surface area (Å²) in [5.74, 6) is -0.588. The Labute approximate surface area is 145 Å². The van der Waals surface area contributed by atoms with E-state index < -0.39 is 5.97 Å². The first kappa shape index (κ1) is 16.7. The molecule has 0 unspecified atom stereocenters. The minimum Gasteiger partial charge on any atom is -0.464 e. The number of hydrogen-bond acceptors (Lipinski definition) is 3. The predicted octanol–water partition coefficient (Wildman–Crippen LogP) is 5.80. The molecule has 0 aliphatic carbocycles. The number of pyridine rings is 1. The Morgan fingerprint density at radius 2 is 1.48 bits per heavy atom. The number of benzene rings is 1. The van der Waals surface area contributed by atoms with Crippen molar-refractivity contribution in [2.75, 3.05) is 7.11 Å². The van der Waals surface area contributed by atoms with Crippen LogP contribution in [-0.2, 0) is 4.74 Å². The predicted molar refractivity (Wildman–Crippen MR) is 86.1 cm³/mol. The zero-order chi connectivity index (χ0) is 15.7. The van der Waals surface area contributed by atoms with E-state index in [1.807, 2.05) is 0 Å². The molecule has 0 fully saturated rings. The summed E-state index contributed by atoms with van der Waals surface area (Å²) in [5, 5.41) is 0.387. The van der Waals surface area contributed by atoms with Gasteiger partial charge in [0, 0.05) is 5.56 Å². The molecule has 0 spiro atoms. The third kappa shape index (κ3) is 3.08. The minimum absolute atomic E-state index is 0.0567. The highest BCUT2D eigenvalue weighted by atomic mass is 35.5. The second-order valence-corrected chi connectivity index (χ2v) is 5.73. The molecule has 0 atom stereocenters. The molecule has 0 aliphatic heterocycles. The third-order valence-corrected chi connectivity index (χ3v) is 4.89. The van der Waals surface area contributed by atoms with Crippen LogP contribution in [0, 0.1) is 0 Å². The van der Waals surface area contributed by atoms with Crippen molar-refractivity contribution in [3.8, 4) is 11.3 Å². The van der Waals surface area contributed by atoms with E-state index in [-0.39, 0.29) is 30.8 Å². The van der Waals surface area contributed by atoms with Crippen LogP contribution in [0.2, 0.25) is 25.1 Å². The number of carbonyl (C=O) groups excluding carboxylic acids is 1. The summed E-state index contributed by atoms with van der Waals surface area (Å²) in [4.78, 5) is 15.7. The van der Waals surface area contributed by atoms with Gasteiger partial charge in [-0.15, -0.1) is 0 Å². The van der Waals surface area contributed by atoms with Crippen molar-refractivity contribution < 1.29 is 9.53 Å². The molecule has 0 saturated heterocycles. The number of methoxy groups -OCH3 is 1. The monoisotopic (exact) mass is 383 g/mol. The van der Waals surface area contributed by atoms with Gasteiger partial charge in [-0.3, -0.25) is 0 Å². The van der Waals surface area contributed by atoms with Crippen LogP contribution < -0.4 is 0 Å². The second-order valence-electron chi connectivity index (χ2n) is 3.84. The fourth-order valence-electron chi connectivity index (χ4n) is 1.62. The minimum atomic E-state index is -0.588. The van der Waals surface area contributed by atoms with Gasteiger partial charge < -0.3 is 4.74 Å². The zero-order valence-electron chi connectivity index (χ0n) is 10.4. The lowest BCUT2D eigenvalue weighted by Gasteiger charge is -2.12. The van der Waals surface area contributed by atoms with Gasteiger partial charge in [-0.05, 0) is 12.1 Å². The Hall–Kier alpha value is -0.710. The maximum atomic E-state index is 11.5. The van der Waals surface area contributed by atoms with E-state index in [0.717, 1.165) is 0 Å². The highest BCUT2D eigenvalue weighted by molar-refractivity contribution is 6.56. The molecule has 110 valence electrons. The van der Waals surface area contributed by atoms with E-state index in [2.05, 4.69) is 9.72 Å². The molecule has 3 nitrogen and oxygen atoms in total. The summed E-state index contributed by atoms with van der Waals surface area (Å²) in [6, 6.07) is 4.72. The highest BCUT2D eigenvalue weighted by Gasteiger charge is 2.22. The van der Waals surface area contributed by atoms with Gasteiger partial charge in [0.15, 0.2) is 0 Å². The molecule has 21 heavy (non-hydrogen) atoms. The molecule has 0 bridgehead atoms. The molecule has 2 rings (SSSR count). The number of carbonyl (C=O) groups is 1. The van der Waals surface area contributed by atoms with Crippen molar-refractivity contribution in [2.24, 2.45) is 0 Å². The number of rotatable bonds is 2. The third-order valence-electron chi connectivity index (χ3n) is 2.61. The maximum Gasteiger partial charge on any atom is 0.356 e. The average Bonchev–Trinajstić information content (AvgIpc) is 2.50. The molecular formula is C13H6Cl5NO2. The summed E-state index contributed by atoms with van der Waals surface area (Å²) < 4.78 is 4.61. The maximum absolute atomic E-state index is 11.5. The summed E-state index contributed by atoms with van der Waals surface area (Å²) >= 11 is 30.3. The summed E-state index contributed by atoms with van der Waals surface area (Å²) in [6.45, 7) is 0. The van der Waals surface area contributed by atoms with Crippen molar-refractivity contribution in [3.05, 3.63) is 49.0 Å². The van der Waals surface area contributed by atoms with E-state index in [1.54, 1.807) is 12.1 Å². The van der Waals surface area contributed by atoms with Crippen LogP contribution >= 0.6 is 58.0 Å². The number of hydrogen-bond donors (Lipinski definition) is 0. The first-order valence-corrected chi connectivity index (χ1v) is 7.34. The molecule has 8 heteroatoms.